The molecule has 2 N–H and O–H groups in total. The second-order valence-electron chi connectivity index (χ2n) is 6.06. The van der Waals surface area contributed by atoms with Crippen LogP contribution in [0.5, 0.6) is 0 Å². The third-order valence-electron chi connectivity index (χ3n) is 4.33. The first-order valence-corrected chi connectivity index (χ1v) is 8.55. The van der Waals surface area contributed by atoms with E-state index in [0.717, 1.165) is 0 Å². The second kappa shape index (κ2) is 7.30. The summed E-state index contributed by atoms with van der Waals surface area (Å²) in [5.41, 5.74) is 0.688. The normalized spacial score (nSPS) is 27.1. The van der Waals surface area contributed by atoms with E-state index in [1.807, 2.05) is 13.0 Å². The van der Waals surface area contributed by atoms with Crippen LogP contribution in [0.3, 0.4) is 0 Å². The summed E-state index contributed by atoms with van der Waals surface area (Å²) < 4.78 is 22.3. The highest BCUT2D eigenvalue weighted by Crippen LogP contribution is 2.30. The van der Waals surface area contributed by atoms with E-state index < -0.39 is 12.2 Å². The molecule has 9 heteroatoms. The molecule has 4 heterocycles. The number of ether oxygens (including phenoxy) is 3. The predicted octanol–water partition coefficient (Wildman–Crippen LogP) is 1.43. The van der Waals surface area contributed by atoms with Crippen molar-refractivity contribution in [3.63, 3.8) is 0 Å². The van der Waals surface area contributed by atoms with Crippen LogP contribution in [0.4, 0.5) is 10.7 Å². The van der Waals surface area contributed by atoms with E-state index in [4.69, 9.17) is 18.6 Å². The maximum absolute atomic E-state index is 11.6. The SMILES string of the molecule is CCNC(=O)OC1COC2C(Nc3nccc(-c4ccco4)n3)COC12. The molecule has 1 amide bonds. The molecule has 138 valence electrons. The van der Waals surface area contributed by atoms with Crippen molar-refractivity contribution < 1.29 is 23.4 Å². The quantitative estimate of drug-likeness (QED) is 0.824. The molecule has 2 aliphatic heterocycles. The molecule has 2 fully saturated rings. The minimum absolute atomic E-state index is 0.130. The highest BCUT2D eigenvalue weighted by Gasteiger charge is 2.49. The summed E-state index contributed by atoms with van der Waals surface area (Å²) in [7, 11) is 0. The molecule has 0 saturated carbocycles. The molecule has 26 heavy (non-hydrogen) atoms. The number of fused-ring (bicyclic) bond motifs is 1. The average Bonchev–Trinajstić information content (AvgIpc) is 3.36. The predicted molar refractivity (Wildman–Crippen MR) is 90.6 cm³/mol. The van der Waals surface area contributed by atoms with Crippen LogP contribution in [0.2, 0.25) is 0 Å². The van der Waals surface area contributed by atoms with E-state index in [2.05, 4.69) is 20.6 Å². The number of hydrogen-bond acceptors (Lipinski definition) is 8. The number of carbonyl (C=O) groups excluding carboxylic acids is 1. The van der Waals surface area contributed by atoms with Gasteiger partial charge in [0, 0.05) is 12.7 Å². The number of alkyl carbamates (subject to hydrolysis) is 1. The van der Waals surface area contributed by atoms with E-state index in [-0.39, 0.29) is 18.2 Å². The lowest BCUT2D eigenvalue weighted by Gasteiger charge is -2.18. The zero-order chi connectivity index (χ0) is 17.9. The maximum Gasteiger partial charge on any atom is 0.407 e. The van der Waals surface area contributed by atoms with E-state index in [0.29, 0.717) is 37.2 Å². The number of hydrogen-bond donors (Lipinski definition) is 2. The zero-order valence-electron chi connectivity index (χ0n) is 14.3. The van der Waals surface area contributed by atoms with Crippen molar-refractivity contribution in [2.45, 2.75) is 31.3 Å². The van der Waals surface area contributed by atoms with Crippen LogP contribution < -0.4 is 10.6 Å². The molecule has 0 radical (unpaired) electrons. The van der Waals surface area contributed by atoms with Gasteiger partial charge in [-0.2, -0.15) is 0 Å². The fraction of sp³-hybridized carbons (Fsp3) is 0.471. The fourth-order valence-electron chi connectivity index (χ4n) is 3.17. The summed E-state index contributed by atoms with van der Waals surface area (Å²) in [4.78, 5) is 20.3. The molecule has 4 rings (SSSR count). The molecule has 2 aromatic heterocycles. The molecule has 9 nitrogen and oxygen atoms in total. The van der Waals surface area contributed by atoms with Gasteiger partial charge in [-0.15, -0.1) is 0 Å². The first kappa shape index (κ1) is 16.8. The Labute approximate surface area is 150 Å². The lowest BCUT2D eigenvalue weighted by molar-refractivity contribution is 0.00462. The highest BCUT2D eigenvalue weighted by atomic mass is 16.6. The molecule has 2 aliphatic rings. The smallest absolute Gasteiger partial charge is 0.407 e. The lowest BCUT2D eigenvalue weighted by Crippen LogP contribution is -2.39. The Balaban J connectivity index is 1.40. The van der Waals surface area contributed by atoms with Crippen molar-refractivity contribution in [2.75, 3.05) is 25.1 Å². The van der Waals surface area contributed by atoms with Gasteiger partial charge in [0.05, 0.1) is 25.5 Å². The van der Waals surface area contributed by atoms with Gasteiger partial charge in [-0.25, -0.2) is 14.8 Å². The Kier molecular flexibility index (Phi) is 4.72. The zero-order valence-corrected chi connectivity index (χ0v) is 14.3. The van der Waals surface area contributed by atoms with Crippen molar-refractivity contribution in [1.82, 2.24) is 15.3 Å². The third kappa shape index (κ3) is 3.35. The number of nitrogens with zero attached hydrogens (tertiary/aromatic N) is 2. The Bertz CT molecular complexity index is 753. The number of carbonyl (C=O) groups is 1. The molecule has 0 spiro atoms. The van der Waals surface area contributed by atoms with Gasteiger partial charge in [-0.3, -0.25) is 0 Å². The van der Waals surface area contributed by atoms with Crippen LogP contribution in [0.15, 0.2) is 35.1 Å². The van der Waals surface area contributed by atoms with E-state index in [9.17, 15) is 4.79 Å². The number of furan rings is 1. The Morgan fingerprint density at radius 3 is 3.00 bits per heavy atom. The third-order valence-corrected chi connectivity index (χ3v) is 4.33. The Hall–Kier alpha value is -2.65. The molecular formula is C17H20N4O5. The van der Waals surface area contributed by atoms with E-state index in [1.54, 1.807) is 24.6 Å². The van der Waals surface area contributed by atoms with E-state index in [1.165, 1.54) is 0 Å². The largest absolute Gasteiger partial charge is 0.463 e. The minimum atomic E-state index is -0.462. The Morgan fingerprint density at radius 2 is 2.19 bits per heavy atom. The van der Waals surface area contributed by atoms with Gasteiger partial charge < -0.3 is 29.3 Å². The number of amides is 1. The van der Waals surface area contributed by atoms with Crippen molar-refractivity contribution >= 4 is 12.0 Å². The van der Waals surface area contributed by atoms with Crippen LogP contribution in [0, 0.1) is 0 Å². The standard InChI is InChI=1S/C17H20N4O5/c1-2-18-17(22)26-13-9-25-14-11(8-24-15(13)14)21-16-19-6-5-10(20-16)12-4-3-7-23-12/h3-7,11,13-15H,2,8-9H2,1H3,(H,18,22)(H,19,20,21). The topological polar surface area (TPSA) is 108 Å². The number of aromatic nitrogens is 2. The van der Waals surface area contributed by atoms with Crippen LogP contribution in [0.1, 0.15) is 6.92 Å². The summed E-state index contributed by atoms with van der Waals surface area (Å²) >= 11 is 0. The highest BCUT2D eigenvalue weighted by molar-refractivity contribution is 5.67. The first-order chi connectivity index (χ1) is 12.7. The summed E-state index contributed by atoms with van der Waals surface area (Å²) in [5, 5.41) is 5.85. The number of nitrogens with one attached hydrogen (secondary N) is 2. The second-order valence-corrected chi connectivity index (χ2v) is 6.06. The summed E-state index contributed by atoms with van der Waals surface area (Å²) in [5.74, 6) is 1.13. The van der Waals surface area contributed by atoms with E-state index >= 15 is 0 Å². The van der Waals surface area contributed by atoms with Crippen LogP contribution in [0.25, 0.3) is 11.5 Å². The van der Waals surface area contributed by atoms with Crippen LogP contribution in [-0.4, -0.2) is 60.2 Å². The lowest BCUT2D eigenvalue weighted by atomic mass is 10.1. The summed E-state index contributed by atoms with van der Waals surface area (Å²) in [6, 6.07) is 5.29. The summed E-state index contributed by atoms with van der Waals surface area (Å²) in [6.45, 7) is 3.06. The molecule has 2 aromatic rings. The van der Waals surface area contributed by atoms with Crippen molar-refractivity contribution in [1.29, 1.82) is 0 Å². The van der Waals surface area contributed by atoms with Gasteiger partial charge in [-0.1, -0.05) is 0 Å². The number of rotatable bonds is 5. The van der Waals surface area contributed by atoms with Gasteiger partial charge in [0.2, 0.25) is 5.95 Å². The van der Waals surface area contributed by atoms with Crippen molar-refractivity contribution in [3.05, 3.63) is 30.7 Å². The van der Waals surface area contributed by atoms with Gasteiger partial charge in [0.1, 0.15) is 17.9 Å². The molecule has 0 bridgehead atoms. The maximum atomic E-state index is 11.6. The van der Waals surface area contributed by atoms with Crippen molar-refractivity contribution in [3.8, 4) is 11.5 Å². The monoisotopic (exact) mass is 360 g/mol. The molecule has 4 unspecified atom stereocenters. The molecular weight excluding hydrogens is 340 g/mol. The van der Waals surface area contributed by atoms with Gasteiger partial charge in [-0.05, 0) is 25.1 Å². The molecule has 4 atom stereocenters. The number of anilines is 1. The molecule has 2 saturated heterocycles. The van der Waals surface area contributed by atoms with Crippen LogP contribution in [-0.2, 0) is 14.2 Å². The van der Waals surface area contributed by atoms with Crippen molar-refractivity contribution in [2.24, 2.45) is 0 Å². The molecule has 0 aliphatic carbocycles. The average molecular weight is 360 g/mol. The van der Waals surface area contributed by atoms with Gasteiger partial charge in [0.25, 0.3) is 0 Å². The Morgan fingerprint density at radius 1 is 1.31 bits per heavy atom. The first-order valence-electron chi connectivity index (χ1n) is 8.55. The summed E-state index contributed by atoms with van der Waals surface area (Å²) in [6.07, 6.45) is 1.84. The van der Waals surface area contributed by atoms with Gasteiger partial charge >= 0.3 is 6.09 Å². The van der Waals surface area contributed by atoms with Crippen LogP contribution >= 0.6 is 0 Å². The van der Waals surface area contributed by atoms with Gasteiger partial charge in [0.15, 0.2) is 11.9 Å². The fourth-order valence-corrected chi connectivity index (χ4v) is 3.17. The minimum Gasteiger partial charge on any atom is -0.463 e. The molecule has 0 aromatic carbocycles.